The van der Waals surface area contributed by atoms with Crippen molar-refractivity contribution in [2.45, 2.75) is 32.7 Å². The van der Waals surface area contributed by atoms with E-state index >= 15 is 0 Å². The molecule has 0 saturated heterocycles. The van der Waals surface area contributed by atoms with Crippen molar-refractivity contribution >= 4 is 39.7 Å². The van der Waals surface area contributed by atoms with Gasteiger partial charge in [0.1, 0.15) is 11.8 Å². The molecule has 0 aliphatic heterocycles. The lowest BCUT2D eigenvalue weighted by molar-refractivity contribution is -0.116. The lowest BCUT2D eigenvalue weighted by atomic mass is 10.0. The Balaban J connectivity index is 1.57. The average Bonchev–Trinajstić information content (AvgIpc) is 3.11. The number of hydrogen-bond acceptors (Lipinski definition) is 3. The van der Waals surface area contributed by atoms with Crippen molar-refractivity contribution in [1.29, 1.82) is 0 Å². The number of benzene rings is 3. The Hall–Kier alpha value is -2.72. The van der Waals surface area contributed by atoms with Gasteiger partial charge in [0, 0.05) is 22.2 Å². The molecule has 1 aliphatic carbocycles. The lowest BCUT2D eigenvalue weighted by Crippen LogP contribution is -2.32. The molecule has 0 radical (unpaired) electrons. The van der Waals surface area contributed by atoms with E-state index in [9.17, 15) is 4.79 Å². The number of amides is 1. The summed E-state index contributed by atoms with van der Waals surface area (Å²) >= 11 is 6.15. The molecule has 4 rings (SSSR count). The second kappa shape index (κ2) is 7.36. The summed E-state index contributed by atoms with van der Waals surface area (Å²) in [5, 5.41) is 9.43. The van der Waals surface area contributed by atoms with Gasteiger partial charge in [-0.15, -0.1) is 0 Å². The van der Waals surface area contributed by atoms with E-state index in [-0.39, 0.29) is 5.91 Å². The number of halogens is 1. The van der Waals surface area contributed by atoms with Gasteiger partial charge in [-0.2, -0.15) is 0 Å². The molecule has 0 heterocycles. The predicted molar refractivity (Wildman–Crippen MR) is 116 cm³/mol. The molecule has 3 aromatic rings. The normalized spacial score (nSPS) is 13.4. The molecular formula is C23H23ClN2O2. The number of methoxy groups -OCH3 is 1. The maximum atomic E-state index is 12.8. The van der Waals surface area contributed by atoms with Crippen molar-refractivity contribution in [3.05, 3.63) is 64.2 Å². The smallest absolute Gasteiger partial charge is 0.246 e. The van der Waals surface area contributed by atoms with E-state index in [1.807, 2.05) is 19.9 Å². The first-order chi connectivity index (χ1) is 13.5. The lowest BCUT2D eigenvalue weighted by Gasteiger charge is -2.19. The highest BCUT2D eigenvalue weighted by molar-refractivity contribution is 6.31. The van der Waals surface area contributed by atoms with Crippen LogP contribution in [0.5, 0.6) is 5.75 Å². The van der Waals surface area contributed by atoms with E-state index in [2.05, 4.69) is 41.0 Å². The fraction of sp³-hybridized carbons (Fsp3) is 0.261. The van der Waals surface area contributed by atoms with E-state index < -0.39 is 6.04 Å². The topological polar surface area (TPSA) is 50.4 Å². The highest BCUT2D eigenvalue weighted by Gasteiger charge is 2.19. The van der Waals surface area contributed by atoms with E-state index in [0.29, 0.717) is 16.5 Å². The quantitative estimate of drug-likeness (QED) is 0.613. The first kappa shape index (κ1) is 18.6. The number of carbonyl (C=O) groups excluding carboxylic acids is 1. The molecule has 28 heavy (non-hydrogen) atoms. The van der Waals surface area contributed by atoms with Crippen LogP contribution < -0.4 is 15.4 Å². The highest BCUT2D eigenvalue weighted by atomic mass is 35.5. The van der Waals surface area contributed by atoms with E-state index in [1.54, 1.807) is 13.2 Å². The molecule has 0 saturated carbocycles. The third-order valence-corrected chi connectivity index (χ3v) is 5.79. The Morgan fingerprint density at radius 1 is 1.11 bits per heavy atom. The first-order valence-electron chi connectivity index (χ1n) is 9.43. The van der Waals surface area contributed by atoms with Gasteiger partial charge in [0.25, 0.3) is 0 Å². The van der Waals surface area contributed by atoms with Gasteiger partial charge in [-0.25, -0.2) is 0 Å². The summed E-state index contributed by atoms with van der Waals surface area (Å²) in [6.45, 7) is 3.75. The van der Waals surface area contributed by atoms with Crippen LogP contribution in [0.25, 0.3) is 10.8 Å². The molecule has 1 amide bonds. The van der Waals surface area contributed by atoms with Gasteiger partial charge in [0.2, 0.25) is 5.91 Å². The minimum absolute atomic E-state index is 0.136. The Morgan fingerprint density at radius 2 is 1.86 bits per heavy atom. The Labute approximate surface area is 169 Å². The molecule has 1 atom stereocenters. The largest absolute Gasteiger partial charge is 0.495 e. The summed E-state index contributed by atoms with van der Waals surface area (Å²) in [6.07, 6.45) is 2.17. The SMILES string of the molecule is COc1cc(Cl)c(C)cc1NC(=O)C(C)Nc1ccc2c3c(cccc13)CC2. The number of carbonyl (C=O) groups is 1. The third kappa shape index (κ3) is 3.29. The Bertz CT molecular complexity index is 1070. The van der Waals surface area contributed by atoms with Crippen LogP contribution in [-0.4, -0.2) is 19.1 Å². The van der Waals surface area contributed by atoms with Crippen molar-refractivity contribution in [1.82, 2.24) is 0 Å². The number of aryl methyl sites for hydroxylation is 3. The minimum atomic E-state index is -0.417. The van der Waals surface area contributed by atoms with Crippen LogP contribution in [0.1, 0.15) is 23.6 Å². The molecular weight excluding hydrogens is 372 g/mol. The van der Waals surface area contributed by atoms with Crippen molar-refractivity contribution in [3.63, 3.8) is 0 Å². The fourth-order valence-corrected chi connectivity index (χ4v) is 4.00. The van der Waals surface area contributed by atoms with E-state index in [1.165, 1.54) is 21.9 Å². The number of anilines is 2. The van der Waals surface area contributed by atoms with Crippen molar-refractivity contribution < 1.29 is 9.53 Å². The second-order valence-corrected chi connectivity index (χ2v) is 7.68. The molecule has 0 fully saturated rings. The second-order valence-electron chi connectivity index (χ2n) is 7.27. The van der Waals surface area contributed by atoms with Gasteiger partial charge in [-0.3, -0.25) is 4.79 Å². The summed E-state index contributed by atoms with van der Waals surface area (Å²) in [7, 11) is 1.56. The van der Waals surface area contributed by atoms with Crippen LogP contribution in [0.3, 0.4) is 0 Å². The van der Waals surface area contributed by atoms with Crippen molar-refractivity contribution in [2.24, 2.45) is 0 Å². The third-order valence-electron chi connectivity index (χ3n) is 5.38. The maximum Gasteiger partial charge on any atom is 0.246 e. The number of ether oxygens (including phenoxy) is 1. The van der Waals surface area contributed by atoms with Crippen molar-refractivity contribution in [2.75, 3.05) is 17.7 Å². The standard InChI is InChI=1S/C23H23ClN2O2/c1-13-11-20(21(28-3)12-18(13)24)26-23(27)14(2)25-19-10-9-16-8-7-15-5-4-6-17(19)22(15)16/h4-6,9-12,14,25H,7-8H2,1-3H3,(H,26,27). The number of hydrogen-bond donors (Lipinski definition) is 2. The molecule has 5 heteroatoms. The minimum Gasteiger partial charge on any atom is -0.495 e. The molecule has 4 nitrogen and oxygen atoms in total. The molecule has 144 valence electrons. The van der Waals surface area contributed by atoms with Crippen LogP contribution in [0, 0.1) is 6.92 Å². The summed E-state index contributed by atoms with van der Waals surface area (Å²) in [4.78, 5) is 12.8. The molecule has 0 bridgehead atoms. The highest BCUT2D eigenvalue weighted by Crippen LogP contribution is 2.35. The molecule has 1 aliphatic rings. The molecule has 0 spiro atoms. The molecule has 2 N–H and O–H groups in total. The van der Waals surface area contributed by atoms with Crippen LogP contribution >= 0.6 is 11.6 Å². The molecule has 3 aromatic carbocycles. The zero-order valence-electron chi connectivity index (χ0n) is 16.2. The van der Waals surface area contributed by atoms with Gasteiger partial charge >= 0.3 is 0 Å². The van der Waals surface area contributed by atoms with Crippen molar-refractivity contribution in [3.8, 4) is 5.75 Å². The van der Waals surface area contributed by atoms with Gasteiger partial charge in [-0.1, -0.05) is 35.9 Å². The Morgan fingerprint density at radius 3 is 2.61 bits per heavy atom. The van der Waals surface area contributed by atoms with Crippen LogP contribution in [0.15, 0.2) is 42.5 Å². The first-order valence-corrected chi connectivity index (χ1v) is 9.80. The maximum absolute atomic E-state index is 12.8. The van der Waals surface area contributed by atoms with Crippen LogP contribution in [0.4, 0.5) is 11.4 Å². The monoisotopic (exact) mass is 394 g/mol. The summed E-state index contributed by atoms with van der Waals surface area (Å²) in [5.41, 5.74) is 5.24. The van der Waals surface area contributed by atoms with Crippen LogP contribution in [0.2, 0.25) is 5.02 Å². The van der Waals surface area contributed by atoms with E-state index in [0.717, 1.165) is 24.1 Å². The zero-order chi connectivity index (χ0) is 19.8. The Kier molecular flexibility index (Phi) is 4.90. The molecule has 1 unspecified atom stereocenters. The van der Waals surface area contributed by atoms with Crippen LogP contribution in [-0.2, 0) is 17.6 Å². The van der Waals surface area contributed by atoms with E-state index in [4.69, 9.17) is 16.3 Å². The summed E-state index contributed by atoms with van der Waals surface area (Å²) in [6, 6.07) is 13.8. The van der Waals surface area contributed by atoms with Gasteiger partial charge in [-0.05, 0) is 60.9 Å². The van der Waals surface area contributed by atoms with Gasteiger partial charge in [0.05, 0.1) is 12.8 Å². The van der Waals surface area contributed by atoms with Gasteiger partial charge in [0.15, 0.2) is 0 Å². The zero-order valence-corrected chi connectivity index (χ0v) is 17.0. The molecule has 0 aromatic heterocycles. The predicted octanol–water partition coefficient (Wildman–Crippen LogP) is 5.35. The average molecular weight is 395 g/mol. The number of nitrogens with one attached hydrogen (secondary N) is 2. The summed E-state index contributed by atoms with van der Waals surface area (Å²) in [5.74, 6) is 0.407. The number of rotatable bonds is 5. The van der Waals surface area contributed by atoms with Gasteiger partial charge < -0.3 is 15.4 Å². The fourth-order valence-electron chi connectivity index (χ4n) is 3.84. The summed E-state index contributed by atoms with van der Waals surface area (Å²) < 4.78 is 5.35.